The third kappa shape index (κ3) is 3.03. The number of carbonyl (C=O) groups excluding carboxylic acids is 1. The van der Waals surface area contributed by atoms with Crippen LogP contribution in [0.3, 0.4) is 0 Å². The first-order valence-electron chi connectivity index (χ1n) is 6.23. The fourth-order valence-electron chi connectivity index (χ4n) is 1.82. The van der Waals surface area contributed by atoms with E-state index in [-0.39, 0.29) is 22.6 Å². The van der Waals surface area contributed by atoms with Gasteiger partial charge in [0.15, 0.2) is 0 Å². The Hall–Kier alpha value is -2.96. The molecule has 0 saturated heterocycles. The normalized spacial score (nSPS) is 10.1. The molecule has 0 atom stereocenters. The van der Waals surface area contributed by atoms with Gasteiger partial charge < -0.3 is 9.47 Å². The Morgan fingerprint density at radius 3 is 2.55 bits per heavy atom. The van der Waals surface area contributed by atoms with Crippen LogP contribution in [0.1, 0.15) is 15.9 Å². The van der Waals surface area contributed by atoms with Crippen molar-refractivity contribution in [3.63, 3.8) is 0 Å². The molecule has 0 unspecified atom stereocenters. The van der Waals surface area contributed by atoms with Crippen molar-refractivity contribution in [1.29, 1.82) is 0 Å². The first-order chi connectivity index (χ1) is 10.4. The average Bonchev–Trinajstić information content (AvgIpc) is 2.50. The van der Waals surface area contributed by atoms with Gasteiger partial charge in [-0.1, -0.05) is 12.1 Å². The number of methoxy groups -OCH3 is 1. The maximum absolute atomic E-state index is 13.5. The maximum atomic E-state index is 13.5. The van der Waals surface area contributed by atoms with E-state index in [9.17, 15) is 19.3 Å². The van der Waals surface area contributed by atoms with E-state index in [1.807, 2.05) is 0 Å². The Morgan fingerprint density at radius 2 is 1.91 bits per heavy atom. The molecule has 2 aromatic carbocycles. The number of benzene rings is 2. The minimum atomic E-state index is -0.751. The number of rotatable bonds is 4. The fourth-order valence-corrected chi connectivity index (χ4v) is 1.82. The molecule has 0 amide bonds. The predicted octanol–water partition coefficient (Wildman–Crippen LogP) is 3.62. The van der Waals surface area contributed by atoms with Crippen molar-refractivity contribution >= 4 is 11.7 Å². The van der Waals surface area contributed by atoms with E-state index in [1.54, 1.807) is 12.1 Å². The van der Waals surface area contributed by atoms with Crippen molar-refractivity contribution in [3.05, 3.63) is 63.5 Å². The van der Waals surface area contributed by atoms with E-state index in [0.29, 0.717) is 0 Å². The van der Waals surface area contributed by atoms with Crippen LogP contribution in [-0.4, -0.2) is 18.0 Å². The molecule has 6 nitrogen and oxygen atoms in total. The van der Waals surface area contributed by atoms with Gasteiger partial charge in [-0.3, -0.25) is 10.1 Å². The van der Waals surface area contributed by atoms with Crippen LogP contribution in [-0.2, 0) is 4.74 Å². The average molecular weight is 305 g/mol. The van der Waals surface area contributed by atoms with E-state index in [2.05, 4.69) is 4.74 Å². The molecule has 0 aliphatic heterocycles. The molecule has 114 valence electrons. The smallest absolute Gasteiger partial charge is 0.341 e. The van der Waals surface area contributed by atoms with Crippen LogP contribution in [0.4, 0.5) is 10.1 Å². The van der Waals surface area contributed by atoms with Crippen LogP contribution >= 0.6 is 0 Å². The second kappa shape index (κ2) is 6.21. The third-order valence-corrected chi connectivity index (χ3v) is 2.95. The minimum Gasteiger partial charge on any atom is -0.465 e. The van der Waals surface area contributed by atoms with Gasteiger partial charge >= 0.3 is 11.7 Å². The molecule has 0 spiro atoms. The van der Waals surface area contributed by atoms with Crippen molar-refractivity contribution in [3.8, 4) is 11.5 Å². The molecule has 2 aromatic rings. The van der Waals surface area contributed by atoms with Crippen LogP contribution in [0, 0.1) is 22.9 Å². The molecule has 0 heterocycles. The number of halogens is 1. The van der Waals surface area contributed by atoms with Crippen LogP contribution in [0.15, 0.2) is 36.4 Å². The van der Waals surface area contributed by atoms with E-state index in [1.165, 1.54) is 32.2 Å². The Morgan fingerprint density at radius 1 is 1.23 bits per heavy atom. The highest BCUT2D eigenvalue weighted by molar-refractivity contribution is 5.92. The minimum absolute atomic E-state index is 0.0865. The zero-order valence-corrected chi connectivity index (χ0v) is 11.8. The Kier molecular flexibility index (Phi) is 4.36. The molecule has 0 aromatic heterocycles. The van der Waals surface area contributed by atoms with Crippen LogP contribution in [0.5, 0.6) is 11.5 Å². The number of nitro groups is 1. The van der Waals surface area contributed by atoms with Crippen molar-refractivity contribution in [2.24, 2.45) is 0 Å². The number of esters is 1. The lowest BCUT2D eigenvalue weighted by atomic mass is 10.2. The lowest BCUT2D eigenvalue weighted by molar-refractivity contribution is -0.385. The van der Waals surface area contributed by atoms with Gasteiger partial charge in [-0.25, -0.2) is 9.18 Å². The summed E-state index contributed by atoms with van der Waals surface area (Å²) in [4.78, 5) is 21.9. The van der Waals surface area contributed by atoms with Crippen molar-refractivity contribution < 1.29 is 23.6 Å². The molecule has 7 heteroatoms. The number of nitro benzene ring substituents is 1. The van der Waals surface area contributed by atoms with Gasteiger partial charge in [0.05, 0.1) is 18.1 Å². The highest BCUT2D eigenvalue weighted by atomic mass is 19.1. The Bertz CT molecular complexity index is 745. The number of nitrogens with zero attached hydrogens (tertiary/aromatic N) is 1. The number of hydrogen-bond donors (Lipinski definition) is 0. The number of ether oxygens (including phenoxy) is 2. The number of para-hydroxylation sites is 1. The van der Waals surface area contributed by atoms with E-state index in [0.717, 1.165) is 6.07 Å². The molecule has 0 aliphatic carbocycles. The van der Waals surface area contributed by atoms with Gasteiger partial charge in [-0.2, -0.15) is 0 Å². The molecular formula is C15H12FNO5. The highest BCUT2D eigenvalue weighted by Crippen LogP contribution is 2.35. The van der Waals surface area contributed by atoms with Crippen LogP contribution < -0.4 is 4.74 Å². The van der Waals surface area contributed by atoms with Gasteiger partial charge in [-0.15, -0.1) is 0 Å². The molecular weight excluding hydrogens is 293 g/mol. The summed E-state index contributed by atoms with van der Waals surface area (Å²) in [5, 5.41) is 11.0. The standard InChI is InChI=1S/C15H12FNO5/c1-9-7-14(12(17(19)20)8-11(9)16)22-13-6-4-3-5-10(13)15(18)21-2/h3-8H,1-2H3. The van der Waals surface area contributed by atoms with Crippen molar-refractivity contribution in [2.75, 3.05) is 7.11 Å². The molecule has 0 saturated carbocycles. The van der Waals surface area contributed by atoms with Gasteiger partial charge in [-0.05, 0) is 30.7 Å². The summed E-state index contributed by atoms with van der Waals surface area (Å²) < 4.78 is 23.6. The second-order valence-corrected chi connectivity index (χ2v) is 4.42. The first kappa shape index (κ1) is 15.4. The lowest BCUT2D eigenvalue weighted by Gasteiger charge is -2.10. The number of aryl methyl sites for hydroxylation is 1. The zero-order valence-electron chi connectivity index (χ0n) is 11.8. The molecule has 22 heavy (non-hydrogen) atoms. The summed E-state index contributed by atoms with van der Waals surface area (Å²) in [5.41, 5.74) is -0.222. The van der Waals surface area contributed by atoms with Gasteiger partial charge in [0, 0.05) is 0 Å². The summed E-state index contributed by atoms with van der Waals surface area (Å²) in [6.45, 7) is 1.46. The van der Waals surface area contributed by atoms with E-state index in [4.69, 9.17) is 4.74 Å². The molecule has 2 rings (SSSR count). The summed E-state index contributed by atoms with van der Waals surface area (Å²) in [6.07, 6.45) is 0. The van der Waals surface area contributed by atoms with Gasteiger partial charge in [0.2, 0.25) is 5.75 Å². The Balaban J connectivity index is 2.50. The SMILES string of the molecule is COC(=O)c1ccccc1Oc1cc(C)c(F)cc1[N+](=O)[O-]. The second-order valence-electron chi connectivity index (χ2n) is 4.42. The van der Waals surface area contributed by atoms with Crippen molar-refractivity contribution in [2.45, 2.75) is 6.92 Å². The maximum Gasteiger partial charge on any atom is 0.341 e. The summed E-state index contributed by atoms with van der Waals surface area (Å²) >= 11 is 0. The quantitative estimate of drug-likeness (QED) is 0.489. The molecule has 0 aliphatic rings. The van der Waals surface area contributed by atoms with E-state index >= 15 is 0 Å². The molecule has 0 fully saturated rings. The first-order valence-corrected chi connectivity index (χ1v) is 6.23. The zero-order chi connectivity index (χ0) is 16.3. The van der Waals surface area contributed by atoms with Crippen molar-refractivity contribution in [1.82, 2.24) is 0 Å². The molecule has 0 bridgehead atoms. The van der Waals surface area contributed by atoms with Crippen LogP contribution in [0.25, 0.3) is 0 Å². The number of hydrogen-bond acceptors (Lipinski definition) is 5. The topological polar surface area (TPSA) is 78.7 Å². The van der Waals surface area contributed by atoms with Gasteiger partial charge in [0.1, 0.15) is 17.1 Å². The Labute approximate surface area is 125 Å². The van der Waals surface area contributed by atoms with Gasteiger partial charge in [0.25, 0.3) is 0 Å². The summed E-state index contributed by atoms with van der Waals surface area (Å²) in [6, 6.07) is 8.12. The fraction of sp³-hybridized carbons (Fsp3) is 0.133. The molecule has 0 N–H and O–H groups in total. The largest absolute Gasteiger partial charge is 0.465 e. The third-order valence-electron chi connectivity index (χ3n) is 2.95. The van der Waals surface area contributed by atoms with E-state index < -0.39 is 22.4 Å². The molecule has 0 radical (unpaired) electrons. The monoisotopic (exact) mass is 305 g/mol. The predicted molar refractivity (Wildman–Crippen MR) is 75.6 cm³/mol. The summed E-state index contributed by atoms with van der Waals surface area (Å²) in [7, 11) is 1.21. The summed E-state index contributed by atoms with van der Waals surface area (Å²) in [5.74, 6) is -1.42. The number of carbonyl (C=O) groups is 1. The van der Waals surface area contributed by atoms with Crippen LogP contribution in [0.2, 0.25) is 0 Å². The lowest BCUT2D eigenvalue weighted by Crippen LogP contribution is -2.04. The highest BCUT2D eigenvalue weighted by Gasteiger charge is 2.21.